The maximum absolute atomic E-state index is 13.1. The molecule has 3 aliphatic rings. The van der Waals surface area contributed by atoms with Gasteiger partial charge in [-0.25, -0.2) is 9.59 Å². The van der Waals surface area contributed by atoms with E-state index in [1.165, 1.54) is 19.3 Å². The first kappa shape index (κ1) is 17.5. The number of rotatable bonds is 3. The largest absolute Gasteiger partial charge is 0.379 e. The number of hydroxylamine groups is 2. The number of primary amides is 1. The van der Waals surface area contributed by atoms with E-state index < -0.39 is 11.4 Å². The fourth-order valence-corrected chi connectivity index (χ4v) is 4.41. The Hall–Kier alpha value is -1.34. The van der Waals surface area contributed by atoms with Gasteiger partial charge < -0.3 is 20.2 Å². The molecule has 136 valence electrons. The van der Waals surface area contributed by atoms with E-state index in [0.29, 0.717) is 58.2 Å². The van der Waals surface area contributed by atoms with Crippen molar-refractivity contribution < 1.29 is 19.2 Å². The third-order valence-corrected chi connectivity index (χ3v) is 5.94. The number of morpholine rings is 1. The lowest BCUT2D eigenvalue weighted by Crippen LogP contribution is -2.53. The highest BCUT2D eigenvalue weighted by atomic mass is 16.7. The second-order valence-corrected chi connectivity index (χ2v) is 7.24. The fraction of sp³-hybridized carbons (Fsp3) is 0.882. The average Bonchev–Trinajstić information content (AvgIpc) is 2.63. The van der Waals surface area contributed by atoms with Crippen LogP contribution in [-0.4, -0.2) is 61.4 Å². The lowest BCUT2D eigenvalue weighted by Gasteiger charge is -2.46. The van der Waals surface area contributed by atoms with Crippen LogP contribution in [0.3, 0.4) is 0 Å². The molecule has 0 aromatic rings. The molecule has 1 aliphatic carbocycles. The minimum absolute atomic E-state index is 0.111. The maximum Gasteiger partial charge on any atom is 0.331 e. The zero-order valence-corrected chi connectivity index (χ0v) is 14.4. The minimum Gasteiger partial charge on any atom is -0.379 e. The Balaban J connectivity index is 1.71. The molecule has 3 fully saturated rings. The zero-order chi connectivity index (χ0) is 17.0. The van der Waals surface area contributed by atoms with E-state index in [9.17, 15) is 9.59 Å². The van der Waals surface area contributed by atoms with Gasteiger partial charge in [0.2, 0.25) is 0 Å². The molecule has 7 heteroatoms. The lowest BCUT2D eigenvalue weighted by atomic mass is 9.64. The van der Waals surface area contributed by atoms with Crippen molar-refractivity contribution in [3.63, 3.8) is 0 Å². The predicted octanol–water partition coefficient (Wildman–Crippen LogP) is 1.52. The van der Waals surface area contributed by atoms with Gasteiger partial charge >= 0.3 is 12.0 Å². The summed E-state index contributed by atoms with van der Waals surface area (Å²) in [7, 11) is 0. The van der Waals surface area contributed by atoms with Crippen molar-refractivity contribution in [3.8, 4) is 0 Å². The summed E-state index contributed by atoms with van der Waals surface area (Å²) >= 11 is 0. The van der Waals surface area contributed by atoms with Crippen molar-refractivity contribution in [2.75, 3.05) is 39.4 Å². The Bertz CT molecular complexity index is 451. The van der Waals surface area contributed by atoms with Crippen LogP contribution in [0.4, 0.5) is 4.79 Å². The molecule has 7 nitrogen and oxygen atoms in total. The zero-order valence-electron chi connectivity index (χ0n) is 14.4. The third-order valence-electron chi connectivity index (χ3n) is 5.94. The molecule has 2 N–H and O–H groups in total. The summed E-state index contributed by atoms with van der Waals surface area (Å²) in [4.78, 5) is 32.0. The molecule has 0 aromatic carbocycles. The topological polar surface area (TPSA) is 85.1 Å². The smallest absolute Gasteiger partial charge is 0.331 e. The number of likely N-dealkylation sites (tertiary alicyclic amines) is 1. The highest BCUT2D eigenvalue weighted by Crippen LogP contribution is 2.46. The summed E-state index contributed by atoms with van der Waals surface area (Å²) in [5.41, 5.74) is 4.94. The minimum atomic E-state index is -0.468. The Morgan fingerprint density at radius 1 is 1.00 bits per heavy atom. The molecule has 24 heavy (non-hydrogen) atoms. The van der Waals surface area contributed by atoms with E-state index in [4.69, 9.17) is 15.3 Å². The van der Waals surface area contributed by atoms with Gasteiger partial charge in [-0.15, -0.1) is 5.06 Å². The summed E-state index contributed by atoms with van der Waals surface area (Å²) in [6.45, 7) is 3.53. The molecule has 0 radical (unpaired) electrons. The van der Waals surface area contributed by atoms with Crippen LogP contribution in [0.2, 0.25) is 0 Å². The van der Waals surface area contributed by atoms with Gasteiger partial charge in [0.25, 0.3) is 0 Å². The molecule has 2 saturated heterocycles. The second kappa shape index (κ2) is 7.70. The molecule has 0 atom stereocenters. The Kier molecular flexibility index (Phi) is 5.61. The molecule has 3 rings (SSSR count). The molecule has 0 unspecified atom stereocenters. The van der Waals surface area contributed by atoms with Gasteiger partial charge in [-0.3, -0.25) is 0 Å². The second-order valence-electron chi connectivity index (χ2n) is 7.24. The molecule has 0 bridgehead atoms. The van der Waals surface area contributed by atoms with Crippen LogP contribution in [0, 0.1) is 11.3 Å². The number of carbonyl (C=O) groups excluding carboxylic acids is 2. The molecule has 0 aromatic heterocycles. The summed E-state index contributed by atoms with van der Waals surface area (Å²) in [5, 5.41) is 1.73. The first-order valence-corrected chi connectivity index (χ1v) is 9.21. The summed E-state index contributed by atoms with van der Waals surface area (Å²) in [6.07, 6.45) is 7.07. The van der Waals surface area contributed by atoms with Gasteiger partial charge in [-0.1, -0.05) is 19.3 Å². The first-order valence-electron chi connectivity index (χ1n) is 9.21. The summed E-state index contributed by atoms with van der Waals surface area (Å²) in [6, 6.07) is -0.395. The number of urea groups is 1. The van der Waals surface area contributed by atoms with Crippen molar-refractivity contribution in [1.82, 2.24) is 9.96 Å². The van der Waals surface area contributed by atoms with Crippen LogP contribution in [-0.2, 0) is 14.4 Å². The SMILES string of the molecule is NC(=O)N1CCC(C(=O)ON2CCOCC2)(C2CCCCC2)CC1. The van der Waals surface area contributed by atoms with Crippen molar-refractivity contribution in [2.24, 2.45) is 17.1 Å². The summed E-state index contributed by atoms with van der Waals surface area (Å²) in [5.74, 6) is 0.246. The van der Waals surface area contributed by atoms with Gasteiger partial charge in [0, 0.05) is 13.1 Å². The maximum atomic E-state index is 13.1. The Morgan fingerprint density at radius 2 is 1.62 bits per heavy atom. The Morgan fingerprint density at radius 3 is 2.21 bits per heavy atom. The highest BCUT2D eigenvalue weighted by molar-refractivity contribution is 5.78. The molecule has 2 aliphatic heterocycles. The van der Waals surface area contributed by atoms with Crippen LogP contribution in [0.1, 0.15) is 44.9 Å². The van der Waals surface area contributed by atoms with Gasteiger partial charge in [-0.05, 0) is 31.6 Å². The van der Waals surface area contributed by atoms with Crippen molar-refractivity contribution >= 4 is 12.0 Å². The van der Waals surface area contributed by atoms with E-state index in [-0.39, 0.29) is 5.97 Å². The molecular formula is C17H29N3O4. The van der Waals surface area contributed by atoms with E-state index in [0.717, 1.165) is 12.8 Å². The molecule has 2 amide bonds. The number of piperidine rings is 1. The van der Waals surface area contributed by atoms with Crippen LogP contribution < -0.4 is 5.73 Å². The molecule has 0 spiro atoms. The average molecular weight is 339 g/mol. The van der Waals surface area contributed by atoms with Crippen LogP contribution in [0.15, 0.2) is 0 Å². The Labute approximate surface area is 143 Å². The summed E-state index contributed by atoms with van der Waals surface area (Å²) < 4.78 is 5.32. The number of nitrogens with two attached hydrogens (primary N) is 1. The number of hydrogen-bond donors (Lipinski definition) is 1. The predicted molar refractivity (Wildman–Crippen MR) is 87.9 cm³/mol. The molecule has 2 heterocycles. The van der Waals surface area contributed by atoms with Crippen molar-refractivity contribution in [2.45, 2.75) is 44.9 Å². The van der Waals surface area contributed by atoms with Gasteiger partial charge in [0.1, 0.15) is 0 Å². The van der Waals surface area contributed by atoms with Crippen LogP contribution in [0.25, 0.3) is 0 Å². The third kappa shape index (κ3) is 3.67. The highest BCUT2D eigenvalue weighted by Gasteiger charge is 2.50. The van der Waals surface area contributed by atoms with E-state index in [2.05, 4.69) is 0 Å². The van der Waals surface area contributed by atoms with E-state index in [1.54, 1.807) is 9.96 Å². The standard InChI is InChI=1S/C17H29N3O4/c18-16(22)19-8-6-17(7-9-19,14-4-2-1-3-5-14)15(21)24-20-10-12-23-13-11-20/h14H,1-13H2,(H2,18,22). The number of nitrogens with zero attached hydrogens (tertiary/aromatic N) is 2. The van der Waals surface area contributed by atoms with E-state index >= 15 is 0 Å². The number of amides is 2. The van der Waals surface area contributed by atoms with Crippen LogP contribution in [0.5, 0.6) is 0 Å². The lowest BCUT2D eigenvalue weighted by molar-refractivity contribution is -0.222. The fourth-order valence-electron chi connectivity index (χ4n) is 4.41. The normalized spacial score (nSPS) is 26.1. The van der Waals surface area contributed by atoms with Gasteiger partial charge in [-0.2, -0.15) is 0 Å². The molecular weight excluding hydrogens is 310 g/mol. The number of ether oxygens (including phenoxy) is 1. The van der Waals surface area contributed by atoms with E-state index in [1.807, 2.05) is 0 Å². The van der Waals surface area contributed by atoms with Gasteiger partial charge in [0.15, 0.2) is 0 Å². The van der Waals surface area contributed by atoms with Crippen molar-refractivity contribution in [3.05, 3.63) is 0 Å². The van der Waals surface area contributed by atoms with Crippen molar-refractivity contribution in [1.29, 1.82) is 0 Å². The number of carbonyl (C=O) groups is 2. The first-order chi connectivity index (χ1) is 11.6. The molecule has 1 saturated carbocycles. The quantitative estimate of drug-likeness (QED) is 0.842. The monoisotopic (exact) mass is 339 g/mol. The van der Waals surface area contributed by atoms with Crippen LogP contribution >= 0.6 is 0 Å². The number of hydrogen-bond acceptors (Lipinski definition) is 5. The van der Waals surface area contributed by atoms with Gasteiger partial charge in [0.05, 0.1) is 31.7 Å².